The highest BCUT2D eigenvalue weighted by Crippen LogP contribution is 2.17. The van der Waals surface area contributed by atoms with Gasteiger partial charge in [0.25, 0.3) is 0 Å². The van der Waals surface area contributed by atoms with Gasteiger partial charge in [-0.05, 0) is 13.0 Å². The van der Waals surface area contributed by atoms with E-state index >= 15 is 0 Å². The van der Waals surface area contributed by atoms with Crippen LogP contribution in [0.3, 0.4) is 0 Å². The molecule has 0 saturated carbocycles. The smallest absolute Gasteiger partial charge is 0.392 e. The topological polar surface area (TPSA) is 70.9 Å². The van der Waals surface area contributed by atoms with Crippen LogP contribution >= 0.6 is 0 Å². The molecule has 0 bridgehead atoms. The van der Waals surface area contributed by atoms with Gasteiger partial charge >= 0.3 is 5.76 Å². The molecule has 2 N–H and O–H groups in total. The van der Waals surface area contributed by atoms with Crippen LogP contribution in [0.5, 0.6) is 0 Å². The van der Waals surface area contributed by atoms with Gasteiger partial charge in [0.2, 0.25) is 5.89 Å². The summed E-state index contributed by atoms with van der Waals surface area (Å²) in [6.45, 7) is 1.83. The molecule has 0 radical (unpaired) electrons. The zero-order chi connectivity index (χ0) is 7.68. The van der Waals surface area contributed by atoms with E-state index in [1.807, 2.05) is 0 Å². The molecule has 11 heavy (non-hydrogen) atoms. The van der Waals surface area contributed by atoms with Crippen molar-refractivity contribution in [2.75, 3.05) is 13.1 Å². The molecule has 0 unspecified atom stereocenters. The van der Waals surface area contributed by atoms with Crippen LogP contribution in [0.15, 0.2) is 9.21 Å². The van der Waals surface area contributed by atoms with Crippen LogP contribution in [-0.4, -0.2) is 23.3 Å². The number of aromatic amines is 1. The molecule has 1 aliphatic rings. The van der Waals surface area contributed by atoms with Crippen molar-refractivity contribution in [3.63, 3.8) is 0 Å². The summed E-state index contributed by atoms with van der Waals surface area (Å²) in [5.41, 5.74) is 0. The van der Waals surface area contributed by atoms with Crippen LogP contribution in [0.1, 0.15) is 18.2 Å². The minimum absolute atomic E-state index is 0.272. The highest BCUT2D eigenvalue weighted by atomic mass is 16.4. The van der Waals surface area contributed by atoms with E-state index < -0.39 is 5.76 Å². The zero-order valence-corrected chi connectivity index (χ0v) is 5.96. The molecule has 1 aromatic rings. The molecule has 0 spiro atoms. The summed E-state index contributed by atoms with van der Waals surface area (Å²) in [7, 11) is 0. The first-order valence-corrected chi connectivity index (χ1v) is 3.62. The van der Waals surface area contributed by atoms with E-state index in [2.05, 4.69) is 15.5 Å². The van der Waals surface area contributed by atoms with E-state index in [1.165, 1.54) is 0 Å². The van der Waals surface area contributed by atoms with Crippen LogP contribution < -0.4 is 11.1 Å². The van der Waals surface area contributed by atoms with Gasteiger partial charge in [-0.1, -0.05) is 0 Å². The van der Waals surface area contributed by atoms with Gasteiger partial charge in [-0.2, -0.15) is 0 Å². The summed E-state index contributed by atoms with van der Waals surface area (Å²) >= 11 is 0. The van der Waals surface area contributed by atoms with Gasteiger partial charge in [-0.25, -0.2) is 9.89 Å². The highest BCUT2D eigenvalue weighted by molar-refractivity contribution is 4.93. The van der Waals surface area contributed by atoms with Gasteiger partial charge in [0.1, 0.15) is 0 Å². The summed E-state index contributed by atoms with van der Waals surface area (Å²) in [6, 6.07) is 0. The average molecular weight is 155 g/mol. The third kappa shape index (κ3) is 1.19. The van der Waals surface area contributed by atoms with E-state index in [9.17, 15) is 4.79 Å². The Morgan fingerprint density at radius 2 is 2.55 bits per heavy atom. The molecule has 1 fully saturated rings. The SMILES string of the molecule is O=c1[nH]nc([C@@H]2CCNC2)o1. The fraction of sp³-hybridized carbons (Fsp3) is 0.667. The zero-order valence-electron chi connectivity index (χ0n) is 5.96. The number of nitrogens with zero attached hydrogens (tertiary/aromatic N) is 1. The Morgan fingerprint density at radius 1 is 1.64 bits per heavy atom. The van der Waals surface area contributed by atoms with Gasteiger partial charge in [-0.3, -0.25) is 0 Å². The Morgan fingerprint density at radius 3 is 3.09 bits per heavy atom. The van der Waals surface area contributed by atoms with Gasteiger partial charge in [0.15, 0.2) is 0 Å². The first-order valence-electron chi connectivity index (χ1n) is 3.62. The van der Waals surface area contributed by atoms with E-state index in [0.29, 0.717) is 5.89 Å². The molecule has 5 nitrogen and oxygen atoms in total. The lowest BCUT2D eigenvalue weighted by Gasteiger charge is -1.97. The minimum Gasteiger partial charge on any atom is -0.392 e. The molecule has 0 amide bonds. The van der Waals surface area contributed by atoms with E-state index in [-0.39, 0.29) is 5.92 Å². The van der Waals surface area contributed by atoms with Crippen LogP contribution in [-0.2, 0) is 0 Å². The Hall–Kier alpha value is -1.10. The maximum absolute atomic E-state index is 10.5. The molecule has 1 aromatic heterocycles. The second-order valence-electron chi connectivity index (χ2n) is 2.64. The van der Waals surface area contributed by atoms with E-state index in [0.717, 1.165) is 19.5 Å². The summed E-state index contributed by atoms with van der Waals surface area (Å²) < 4.78 is 4.81. The quantitative estimate of drug-likeness (QED) is 0.570. The largest absolute Gasteiger partial charge is 0.434 e. The van der Waals surface area contributed by atoms with Crippen molar-refractivity contribution in [1.29, 1.82) is 0 Å². The molecular formula is C6H9N3O2. The van der Waals surface area contributed by atoms with Crippen LogP contribution in [0.25, 0.3) is 0 Å². The molecule has 1 saturated heterocycles. The van der Waals surface area contributed by atoms with E-state index in [4.69, 9.17) is 4.42 Å². The van der Waals surface area contributed by atoms with Crippen molar-refractivity contribution in [1.82, 2.24) is 15.5 Å². The molecule has 2 rings (SSSR count). The first kappa shape index (κ1) is 6.60. The normalized spacial score (nSPS) is 24.2. The fourth-order valence-corrected chi connectivity index (χ4v) is 1.28. The third-order valence-corrected chi connectivity index (χ3v) is 1.86. The van der Waals surface area contributed by atoms with Crippen molar-refractivity contribution >= 4 is 0 Å². The van der Waals surface area contributed by atoms with Crippen LogP contribution in [0, 0.1) is 0 Å². The van der Waals surface area contributed by atoms with Gasteiger partial charge in [-0.15, -0.1) is 5.10 Å². The third-order valence-electron chi connectivity index (χ3n) is 1.86. The minimum atomic E-state index is -0.466. The average Bonchev–Trinajstić information content (AvgIpc) is 2.55. The van der Waals surface area contributed by atoms with Crippen LogP contribution in [0.4, 0.5) is 0 Å². The predicted octanol–water partition coefficient (Wildman–Crippen LogP) is -0.560. The van der Waals surface area contributed by atoms with Crippen LogP contribution in [0.2, 0.25) is 0 Å². The Bertz CT molecular complexity index is 284. The lowest BCUT2D eigenvalue weighted by molar-refractivity contribution is 0.432. The maximum atomic E-state index is 10.5. The molecule has 0 aromatic carbocycles. The second kappa shape index (κ2) is 2.50. The number of hydrogen-bond acceptors (Lipinski definition) is 4. The number of nitrogens with one attached hydrogen (secondary N) is 2. The van der Waals surface area contributed by atoms with Crippen molar-refractivity contribution < 1.29 is 4.42 Å². The summed E-state index contributed by atoms with van der Waals surface area (Å²) in [4.78, 5) is 10.5. The predicted molar refractivity (Wildman–Crippen MR) is 37.4 cm³/mol. The van der Waals surface area contributed by atoms with Crippen molar-refractivity contribution in [3.05, 3.63) is 16.4 Å². The number of rotatable bonds is 1. The fourth-order valence-electron chi connectivity index (χ4n) is 1.28. The van der Waals surface area contributed by atoms with Gasteiger partial charge < -0.3 is 9.73 Å². The number of aromatic nitrogens is 2. The highest BCUT2D eigenvalue weighted by Gasteiger charge is 2.21. The Balaban J connectivity index is 2.21. The molecule has 5 heteroatoms. The van der Waals surface area contributed by atoms with Crippen molar-refractivity contribution in [2.45, 2.75) is 12.3 Å². The summed E-state index contributed by atoms with van der Waals surface area (Å²) in [6.07, 6.45) is 0.994. The Labute approximate surface area is 62.8 Å². The Kier molecular flexibility index (Phi) is 1.50. The summed E-state index contributed by atoms with van der Waals surface area (Å²) in [5, 5.41) is 9.16. The standard InChI is InChI=1S/C6H9N3O2/c10-6-9-8-5(11-6)4-1-2-7-3-4/h4,7H,1-3H2,(H,9,10)/t4-/m1/s1. The number of H-pyrrole nitrogens is 1. The lowest BCUT2D eigenvalue weighted by Crippen LogP contribution is -2.08. The second-order valence-corrected chi connectivity index (χ2v) is 2.64. The van der Waals surface area contributed by atoms with Crippen molar-refractivity contribution in [3.8, 4) is 0 Å². The summed E-state index contributed by atoms with van der Waals surface area (Å²) in [5.74, 6) is 0.334. The monoisotopic (exact) mass is 155 g/mol. The first-order chi connectivity index (χ1) is 5.36. The molecular weight excluding hydrogens is 146 g/mol. The molecule has 2 heterocycles. The molecule has 0 aliphatic carbocycles. The van der Waals surface area contributed by atoms with Gasteiger partial charge in [0, 0.05) is 6.54 Å². The van der Waals surface area contributed by atoms with E-state index in [1.54, 1.807) is 0 Å². The van der Waals surface area contributed by atoms with Gasteiger partial charge in [0.05, 0.1) is 5.92 Å². The molecule has 1 atom stereocenters. The van der Waals surface area contributed by atoms with Crippen molar-refractivity contribution in [2.24, 2.45) is 0 Å². The molecule has 60 valence electrons. The number of hydrogen-bond donors (Lipinski definition) is 2. The molecule has 1 aliphatic heterocycles. The lowest BCUT2D eigenvalue weighted by atomic mass is 10.1. The maximum Gasteiger partial charge on any atom is 0.434 e.